The molecule has 0 unspecified atom stereocenters. The largest absolute Gasteiger partial charge is 0.483 e. The molecule has 0 aliphatic rings. The van der Waals surface area contributed by atoms with Gasteiger partial charge in [-0.2, -0.15) is 0 Å². The molecule has 1 aromatic rings. The average Bonchev–Trinajstić information content (AvgIpc) is 2.51. The van der Waals surface area contributed by atoms with Crippen LogP contribution >= 0.6 is 0 Å². The molecule has 0 heterocycles. The second-order valence-electron chi connectivity index (χ2n) is 6.99. The minimum atomic E-state index is -3.18. The van der Waals surface area contributed by atoms with Gasteiger partial charge in [0.1, 0.15) is 5.75 Å². The van der Waals surface area contributed by atoms with Crippen molar-refractivity contribution >= 4 is 15.9 Å². The third-order valence-electron chi connectivity index (χ3n) is 3.78. The van der Waals surface area contributed by atoms with Crippen LogP contribution in [0.3, 0.4) is 0 Å². The minimum absolute atomic E-state index is 0.0589. The molecule has 0 bridgehead atoms. The number of para-hydroxylation sites is 1. The van der Waals surface area contributed by atoms with E-state index in [-0.39, 0.29) is 17.9 Å². The zero-order valence-corrected chi connectivity index (χ0v) is 16.6. The van der Waals surface area contributed by atoms with E-state index in [0.29, 0.717) is 31.8 Å². The molecule has 1 aromatic carbocycles. The first-order valence-corrected chi connectivity index (χ1v) is 10.3. The number of nitrogens with zero attached hydrogens (tertiary/aromatic N) is 1. The number of amides is 1. The molecule has 0 saturated heterocycles. The predicted octanol–water partition coefficient (Wildman–Crippen LogP) is 2.15. The van der Waals surface area contributed by atoms with Gasteiger partial charge in [-0.25, -0.2) is 12.7 Å². The fourth-order valence-electron chi connectivity index (χ4n) is 2.45. The number of benzene rings is 1. The van der Waals surface area contributed by atoms with Gasteiger partial charge in [-0.15, -0.1) is 0 Å². The molecule has 142 valence electrons. The summed E-state index contributed by atoms with van der Waals surface area (Å²) < 4.78 is 30.0. The predicted molar refractivity (Wildman–Crippen MR) is 100 cm³/mol. The van der Waals surface area contributed by atoms with Crippen LogP contribution in [-0.4, -0.2) is 51.1 Å². The smallest absolute Gasteiger partial charge is 0.257 e. The van der Waals surface area contributed by atoms with Crippen molar-refractivity contribution in [2.75, 3.05) is 32.5 Å². The van der Waals surface area contributed by atoms with Crippen LogP contribution in [0.5, 0.6) is 5.75 Å². The number of hydrogen-bond donors (Lipinski definition) is 1. The molecule has 0 saturated carbocycles. The van der Waals surface area contributed by atoms with Crippen molar-refractivity contribution in [3.8, 4) is 5.75 Å². The summed E-state index contributed by atoms with van der Waals surface area (Å²) in [6.07, 6.45) is 1.75. The molecular weight excluding hydrogens is 340 g/mol. The number of sulfonamides is 1. The van der Waals surface area contributed by atoms with E-state index in [1.807, 2.05) is 24.3 Å². The number of carbonyl (C=O) groups excluding carboxylic acids is 1. The van der Waals surface area contributed by atoms with Crippen molar-refractivity contribution in [1.29, 1.82) is 0 Å². The lowest BCUT2D eigenvalue weighted by Crippen LogP contribution is -2.35. The highest BCUT2D eigenvalue weighted by molar-refractivity contribution is 7.88. The summed E-state index contributed by atoms with van der Waals surface area (Å²) in [4.78, 5) is 11.9. The maximum atomic E-state index is 11.9. The van der Waals surface area contributed by atoms with Gasteiger partial charge < -0.3 is 10.1 Å². The fourth-order valence-corrected chi connectivity index (χ4v) is 3.38. The monoisotopic (exact) mass is 370 g/mol. The van der Waals surface area contributed by atoms with Gasteiger partial charge in [0.15, 0.2) is 6.61 Å². The average molecular weight is 371 g/mol. The Morgan fingerprint density at radius 2 is 1.88 bits per heavy atom. The summed E-state index contributed by atoms with van der Waals surface area (Å²) in [7, 11) is -3.18. The standard InChI is InChI=1S/C18H30N2O4S/c1-6-20(25(5,22)23)13-9-12-19-17(21)14-24-16-11-8-7-10-15(16)18(2,3)4/h7-8,10-11H,6,9,12-14H2,1-5H3,(H,19,21). The summed E-state index contributed by atoms with van der Waals surface area (Å²) in [5.74, 6) is 0.491. The van der Waals surface area contributed by atoms with Gasteiger partial charge >= 0.3 is 0 Å². The Kier molecular flexibility index (Phi) is 7.89. The van der Waals surface area contributed by atoms with Crippen molar-refractivity contribution in [3.05, 3.63) is 29.8 Å². The summed E-state index contributed by atoms with van der Waals surface area (Å²) in [6.45, 7) is 9.25. The summed E-state index contributed by atoms with van der Waals surface area (Å²) in [5.41, 5.74) is 0.983. The number of nitrogens with one attached hydrogen (secondary N) is 1. The maximum absolute atomic E-state index is 11.9. The minimum Gasteiger partial charge on any atom is -0.483 e. The molecule has 0 radical (unpaired) electrons. The molecular formula is C18H30N2O4S. The molecule has 6 nitrogen and oxygen atoms in total. The number of rotatable bonds is 9. The van der Waals surface area contributed by atoms with Gasteiger partial charge in [-0.3, -0.25) is 4.79 Å². The Morgan fingerprint density at radius 1 is 1.24 bits per heavy atom. The first-order valence-electron chi connectivity index (χ1n) is 8.50. The fraction of sp³-hybridized carbons (Fsp3) is 0.611. The van der Waals surface area contributed by atoms with Crippen molar-refractivity contribution < 1.29 is 17.9 Å². The Morgan fingerprint density at radius 3 is 2.44 bits per heavy atom. The molecule has 0 spiro atoms. The highest BCUT2D eigenvalue weighted by Gasteiger charge is 2.19. The van der Waals surface area contributed by atoms with E-state index in [4.69, 9.17) is 4.74 Å². The van der Waals surface area contributed by atoms with Gasteiger partial charge in [-0.05, 0) is 23.5 Å². The van der Waals surface area contributed by atoms with E-state index in [1.165, 1.54) is 10.6 Å². The molecule has 0 aliphatic heterocycles. The second-order valence-corrected chi connectivity index (χ2v) is 8.98. The zero-order chi connectivity index (χ0) is 19.1. The second kappa shape index (κ2) is 9.20. The maximum Gasteiger partial charge on any atom is 0.257 e. The Bertz CT molecular complexity index is 666. The highest BCUT2D eigenvalue weighted by atomic mass is 32.2. The van der Waals surface area contributed by atoms with Crippen molar-refractivity contribution in [3.63, 3.8) is 0 Å². The molecule has 1 N–H and O–H groups in total. The number of ether oxygens (including phenoxy) is 1. The SMILES string of the molecule is CCN(CCCNC(=O)COc1ccccc1C(C)(C)C)S(C)(=O)=O. The van der Waals surface area contributed by atoms with Crippen molar-refractivity contribution in [2.45, 2.75) is 39.5 Å². The van der Waals surface area contributed by atoms with Crippen LogP contribution in [0, 0.1) is 0 Å². The van der Waals surface area contributed by atoms with Crippen LogP contribution in [0.15, 0.2) is 24.3 Å². The Labute approximate surface area is 151 Å². The lowest BCUT2D eigenvalue weighted by molar-refractivity contribution is -0.123. The van der Waals surface area contributed by atoms with E-state index in [1.54, 1.807) is 6.92 Å². The van der Waals surface area contributed by atoms with Crippen molar-refractivity contribution in [2.24, 2.45) is 0 Å². The number of carbonyl (C=O) groups is 1. The zero-order valence-electron chi connectivity index (χ0n) is 15.8. The van der Waals surface area contributed by atoms with E-state index < -0.39 is 10.0 Å². The first kappa shape index (κ1) is 21.4. The Hall–Kier alpha value is -1.60. The van der Waals surface area contributed by atoms with Crippen LogP contribution < -0.4 is 10.1 Å². The first-order chi connectivity index (χ1) is 11.6. The quantitative estimate of drug-likeness (QED) is 0.676. The number of hydrogen-bond acceptors (Lipinski definition) is 4. The Balaban J connectivity index is 2.42. The molecule has 7 heteroatoms. The molecule has 0 aliphatic carbocycles. The van der Waals surface area contributed by atoms with Crippen LogP contribution in [-0.2, 0) is 20.2 Å². The van der Waals surface area contributed by atoms with E-state index >= 15 is 0 Å². The molecule has 1 amide bonds. The van der Waals surface area contributed by atoms with Gasteiger partial charge in [-0.1, -0.05) is 45.9 Å². The topological polar surface area (TPSA) is 75.7 Å². The van der Waals surface area contributed by atoms with Crippen LogP contribution in [0.2, 0.25) is 0 Å². The molecule has 25 heavy (non-hydrogen) atoms. The molecule has 0 aromatic heterocycles. The van der Waals surface area contributed by atoms with Crippen molar-refractivity contribution in [1.82, 2.24) is 9.62 Å². The van der Waals surface area contributed by atoms with E-state index in [2.05, 4.69) is 26.1 Å². The molecule has 0 fully saturated rings. The van der Waals surface area contributed by atoms with Gasteiger partial charge in [0.05, 0.1) is 6.26 Å². The molecule has 1 rings (SSSR count). The lowest BCUT2D eigenvalue weighted by atomic mass is 9.86. The van der Waals surface area contributed by atoms with E-state index in [0.717, 1.165) is 5.56 Å². The highest BCUT2D eigenvalue weighted by Crippen LogP contribution is 2.30. The third-order valence-corrected chi connectivity index (χ3v) is 5.16. The molecule has 0 atom stereocenters. The van der Waals surface area contributed by atoms with Gasteiger partial charge in [0.2, 0.25) is 10.0 Å². The van der Waals surface area contributed by atoms with E-state index in [9.17, 15) is 13.2 Å². The summed E-state index contributed by atoms with van der Waals surface area (Å²) in [6, 6.07) is 7.69. The van der Waals surface area contributed by atoms with Crippen LogP contribution in [0.1, 0.15) is 39.7 Å². The summed E-state index contributed by atoms with van der Waals surface area (Å²) >= 11 is 0. The van der Waals surface area contributed by atoms with Gasteiger partial charge in [0, 0.05) is 19.6 Å². The van der Waals surface area contributed by atoms with Crippen LogP contribution in [0.25, 0.3) is 0 Å². The van der Waals surface area contributed by atoms with Crippen LogP contribution in [0.4, 0.5) is 0 Å². The normalized spacial score (nSPS) is 12.2. The van der Waals surface area contributed by atoms with Gasteiger partial charge in [0.25, 0.3) is 5.91 Å². The third kappa shape index (κ3) is 7.44. The summed E-state index contributed by atoms with van der Waals surface area (Å²) in [5, 5.41) is 2.76. The lowest BCUT2D eigenvalue weighted by Gasteiger charge is -2.22.